The Labute approximate surface area is 537 Å². The van der Waals surface area contributed by atoms with Gasteiger partial charge in [0, 0.05) is 52.9 Å². The third-order valence-electron chi connectivity index (χ3n) is 20.4. The van der Waals surface area contributed by atoms with Crippen molar-refractivity contribution in [2.24, 2.45) is 5.92 Å². The first kappa shape index (κ1) is 74.9. The summed E-state index contributed by atoms with van der Waals surface area (Å²) in [5.74, 6) is -2.25. The van der Waals surface area contributed by atoms with E-state index in [4.69, 9.17) is 51.2 Å². The number of aliphatic hydroxyl groups is 1. The van der Waals surface area contributed by atoms with E-state index in [0.29, 0.717) is 58.5 Å². The summed E-state index contributed by atoms with van der Waals surface area (Å²) in [4.78, 5) is 0.112. The van der Waals surface area contributed by atoms with Crippen molar-refractivity contribution < 1.29 is 64.7 Å². The smallest absolute Gasteiger partial charge is 0.199 e. The number of sulfone groups is 1. The van der Waals surface area contributed by atoms with Gasteiger partial charge in [0.05, 0.1) is 73.7 Å². The summed E-state index contributed by atoms with van der Waals surface area (Å²) in [5.41, 5.74) is 1.34. The molecule has 14 nitrogen and oxygen atoms in total. The summed E-state index contributed by atoms with van der Waals surface area (Å²) in [5, 5.41) is 11.4. The van der Waals surface area contributed by atoms with E-state index >= 15 is 8.42 Å². The van der Waals surface area contributed by atoms with Crippen molar-refractivity contribution in [3.63, 3.8) is 0 Å². The fraction of sp³-hybridized carbons (Fsp3) is 0.739. The normalized spacial score (nSPS) is 24.7. The zero-order chi connectivity index (χ0) is 65.0. The average molecular weight is 1320 g/mol. The number of benzene rings is 3. The molecule has 3 saturated heterocycles. The summed E-state index contributed by atoms with van der Waals surface area (Å²) in [6.07, 6.45) is 0.705. The van der Waals surface area contributed by atoms with Gasteiger partial charge in [-0.25, -0.2) is 8.42 Å². The zero-order valence-electron chi connectivity index (χ0n) is 57.8. The molecule has 500 valence electrons. The lowest BCUT2D eigenvalue weighted by atomic mass is 9.83. The van der Waals surface area contributed by atoms with Gasteiger partial charge >= 0.3 is 0 Å². The maximum absolute atomic E-state index is 15.9. The van der Waals surface area contributed by atoms with E-state index in [2.05, 4.69) is 115 Å². The van der Waals surface area contributed by atoms with Gasteiger partial charge in [0.15, 0.2) is 46.4 Å². The molecule has 0 amide bonds. The molecule has 19 heteroatoms. The first-order valence-electron chi connectivity index (χ1n) is 33.2. The van der Waals surface area contributed by atoms with Gasteiger partial charge in [0.2, 0.25) is 0 Å². The van der Waals surface area contributed by atoms with Crippen molar-refractivity contribution in [2.45, 2.75) is 291 Å². The van der Waals surface area contributed by atoms with E-state index in [0.717, 1.165) is 60.3 Å². The highest BCUT2D eigenvalue weighted by Gasteiger charge is 2.65. The lowest BCUT2D eigenvalue weighted by Crippen LogP contribution is -2.65. The average Bonchev–Trinajstić information content (AvgIpc) is 1.51. The molecule has 3 heterocycles. The molecule has 0 aromatic heterocycles. The van der Waals surface area contributed by atoms with Crippen LogP contribution in [0.1, 0.15) is 145 Å². The van der Waals surface area contributed by atoms with Crippen LogP contribution in [0.3, 0.4) is 0 Å². The van der Waals surface area contributed by atoms with E-state index in [-0.39, 0.29) is 40.9 Å². The van der Waals surface area contributed by atoms with Crippen molar-refractivity contribution in [3.05, 3.63) is 96.1 Å². The van der Waals surface area contributed by atoms with Gasteiger partial charge in [-0.1, -0.05) is 150 Å². The Balaban J connectivity index is 1.38. The molecule has 0 saturated carbocycles. The molecule has 0 bridgehead atoms. The largest absolute Gasteiger partial charge is 0.497 e. The van der Waals surface area contributed by atoms with Gasteiger partial charge in [0.25, 0.3) is 0 Å². The van der Waals surface area contributed by atoms with Gasteiger partial charge in [-0.15, -0.1) is 0 Å². The van der Waals surface area contributed by atoms with Gasteiger partial charge in [-0.05, 0) is 135 Å². The van der Waals surface area contributed by atoms with E-state index in [1.165, 1.54) is 0 Å². The van der Waals surface area contributed by atoms with Crippen LogP contribution in [-0.4, -0.2) is 139 Å². The summed E-state index contributed by atoms with van der Waals surface area (Å²) in [7, 11) is -11.7. The molecule has 3 aliphatic heterocycles. The van der Waals surface area contributed by atoms with Crippen LogP contribution in [0.2, 0.25) is 80.1 Å². The van der Waals surface area contributed by atoms with Crippen LogP contribution in [0.15, 0.2) is 89.8 Å². The molecule has 2 spiro atoms. The third-order valence-corrected chi connectivity index (χ3v) is 38.2. The Morgan fingerprint density at radius 3 is 1.86 bits per heavy atom. The van der Waals surface area contributed by atoms with Crippen molar-refractivity contribution in [3.8, 4) is 5.75 Å². The number of methoxy groups -OCH3 is 1. The number of rotatable bonds is 34. The lowest BCUT2D eigenvalue weighted by molar-refractivity contribution is -0.399. The van der Waals surface area contributed by atoms with E-state index in [1.54, 1.807) is 31.4 Å². The second-order valence-electron chi connectivity index (χ2n) is 30.2. The summed E-state index contributed by atoms with van der Waals surface area (Å²) < 4.78 is 109. The van der Waals surface area contributed by atoms with Crippen molar-refractivity contribution in [2.75, 3.05) is 33.7 Å². The summed E-state index contributed by atoms with van der Waals surface area (Å²) in [6, 6.07) is 30.4. The summed E-state index contributed by atoms with van der Waals surface area (Å²) in [6.45, 7) is 41.8. The Kier molecular flexibility index (Phi) is 26.7. The van der Waals surface area contributed by atoms with E-state index in [9.17, 15) is 5.11 Å². The number of ether oxygens (including phenoxy) is 8. The Morgan fingerprint density at radius 2 is 1.27 bits per heavy atom. The quantitative estimate of drug-likeness (QED) is 0.0342. The third kappa shape index (κ3) is 19.5. The second-order valence-corrected chi connectivity index (χ2v) is 52.1. The van der Waals surface area contributed by atoms with Gasteiger partial charge in [-0.3, -0.25) is 0 Å². The predicted octanol–water partition coefficient (Wildman–Crippen LogP) is 16.3. The molecular formula is C69H118O14SSi4. The Hall–Kier alpha value is -2.16. The Morgan fingerprint density at radius 1 is 0.682 bits per heavy atom. The predicted molar refractivity (Wildman–Crippen MR) is 364 cm³/mol. The van der Waals surface area contributed by atoms with Gasteiger partial charge in [-0.2, -0.15) is 0 Å². The molecule has 6 rings (SSSR count). The highest BCUT2D eigenvalue weighted by Crippen LogP contribution is 2.56. The van der Waals surface area contributed by atoms with Gasteiger partial charge in [0.1, 0.15) is 18.1 Å². The van der Waals surface area contributed by atoms with Crippen LogP contribution < -0.4 is 4.74 Å². The van der Waals surface area contributed by atoms with Gasteiger partial charge < -0.3 is 56.3 Å². The molecule has 0 aliphatic carbocycles. The number of hydrogen-bond donors (Lipinski definition) is 1. The molecule has 3 aromatic rings. The van der Waals surface area contributed by atoms with Crippen LogP contribution in [0.5, 0.6) is 5.75 Å². The first-order chi connectivity index (χ1) is 41.1. The SMILES string of the molecule is CC[Si](CC)(CC)O[C@@]1(C)CC[C@H](CCOCc2ccc(OC)cc2)O[C@]12CC[C@]1(CCC[C@@H](CC(O)C([C@H](C)[C@H](OCOCC[Si](C)(C)C)[C@H](O[Si](C)(C)C(C)(C)C)[C@@H](COCc3ccccc3)O[Si](C)(C)C(C)(C)C)S(=O)(=O)c3ccccc3)O1)O2. The lowest BCUT2D eigenvalue weighted by Gasteiger charge is -2.55. The summed E-state index contributed by atoms with van der Waals surface area (Å²) >= 11 is 0. The number of hydrogen-bond acceptors (Lipinski definition) is 14. The van der Waals surface area contributed by atoms with Crippen molar-refractivity contribution in [1.29, 1.82) is 0 Å². The highest BCUT2D eigenvalue weighted by atomic mass is 32.2. The minimum absolute atomic E-state index is 0.0246. The number of aliphatic hydroxyl groups excluding tert-OH is 1. The molecule has 2 unspecified atom stereocenters. The van der Waals surface area contributed by atoms with Crippen LogP contribution in [0, 0.1) is 5.92 Å². The molecule has 3 aromatic carbocycles. The van der Waals surface area contributed by atoms with Crippen LogP contribution in [0.4, 0.5) is 0 Å². The molecule has 0 radical (unpaired) electrons. The molecule has 3 aliphatic rings. The Bertz CT molecular complexity index is 2660. The van der Waals surface area contributed by atoms with Crippen molar-refractivity contribution in [1.82, 2.24) is 0 Å². The topological polar surface area (TPSA) is 156 Å². The fourth-order valence-electron chi connectivity index (χ4n) is 12.4. The van der Waals surface area contributed by atoms with E-state index in [1.807, 2.05) is 67.6 Å². The second kappa shape index (κ2) is 31.4. The molecule has 1 N–H and O–H groups in total. The molecular weight excluding hydrogens is 1200 g/mol. The molecule has 3 fully saturated rings. The first-order valence-corrected chi connectivity index (χ1v) is 46.8. The van der Waals surface area contributed by atoms with Crippen LogP contribution in [-0.2, 0) is 69.5 Å². The maximum Gasteiger partial charge on any atom is 0.199 e. The fourth-order valence-corrected chi connectivity index (χ4v) is 21.1. The van der Waals surface area contributed by atoms with Crippen LogP contribution >= 0.6 is 0 Å². The molecule has 11 atom stereocenters. The monoisotopic (exact) mass is 1310 g/mol. The highest BCUT2D eigenvalue weighted by molar-refractivity contribution is 7.92. The minimum atomic E-state index is -4.33. The van der Waals surface area contributed by atoms with E-state index < -0.39 is 102 Å². The maximum atomic E-state index is 15.9. The van der Waals surface area contributed by atoms with Crippen molar-refractivity contribution >= 4 is 42.9 Å². The zero-order valence-corrected chi connectivity index (χ0v) is 62.6. The molecule has 88 heavy (non-hydrogen) atoms. The van der Waals surface area contributed by atoms with Crippen LogP contribution in [0.25, 0.3) is 0 Å². The minimum Gasteiger partial charge on any atom is -0.497 e. The standard InChI is InChI=1S/C69H118O14SSi4/c1-20-88(21-2,22-3)83-67(11)42-39-57(40-45-74-49-55-35-37-56(73-12)38-36-55)79-69(67)44-43-68(82-69)41-29-32-58(78-68)48-60(70)64(84(71,72)59-33-27-24-28-34-59)53(4)62(77-52-75-46-47-85(13,14)15)63(81-87(18,19)66(8,9)10)61(80-86(16,17)65(5,6)7)51-76-50-54-30-25-23-26-31-54/h23-28,30-31,33-38,53,57-58,60-64,70H,20-22,29,32,39-52H2,1-19H3/t53-,57-,58+,60?,61-,62+,63-,64?,67+,68+,69+/m1/s1.